The molecular formula is C21H29N3O2. The Morgan fingerprint density at radius 3 is 2.77 bits per heavy atom. The van der Waals surface area contributed by atoms with E-state index in [-0.39, 0.29) is 5.91 Å². The van der Waals surface area contributed by atoms with Crippen LogP contribution in [-0.4, -0.2) is 73.0 Å². The molecule has 2 saturated heterocycles. The number of benzene rings is 1. The van der Waals surface area contributed by atoms with Gasteiger partial charge in [0.15, 0.2) is 0 Å². The number of carbonyl (C=O) groups is 1. The molecular weight excluding hydrogens is 326 g/mol. The predicted molar refractivity (Wildman–Crippen MR) is 103 cm³/mol. The summed E-state index contributed by atoms with van der Waals surface area (Å²) in [6, 6.07) is 8.17. The molecule has 1 aromatic heterocycles. The van der Waals surface area contributed by atoms with Crippen molar-refractivity contribution in [3.8, 4) is 0 Å². The first-order valence-electron chi connectivity index (χ1n) is 9.90. The second kappa shape index (κ2) is 7.80. The Morgan fingerprint density at radius 1 is 1.12 bits per heavy atom. The van der Waals surface area contributed by atoms with Crippen molar-refractivity contribution in [2.75, 3.05) is 46.3 Å². The summed E-state index contributed by atoms with van der Waals surface area (Å²) in [5.74, 6) is 0.137. The number of fused-ring (bicyclic) bond motifs is 1. The lowest BCUT2D eigenvalue weighted by atomic mass is 9.97. The lowest BCUT2D eigenvalue weighted by molar-refractivity contribution is 0.0571. The van der Waals surface area contributed by atoms with E-state index in [1.807, 2.05) is 24.3 Å². The van der Waals surface area contributed by atoms with Gasteiger partial charge in [-0.2, -0.15) is 0 Å². The number of hydrogen-bond acceptors (Lipinski definition) is 4. The molecule has 0 saturated carbocycles. The Balaban J connectivity index is 1.44. The van der Waals surface area contributed by atoms with Gasteiger partial charge >= 0.3 is 0 Å². The van der Waals surface area contributed by atoms with Gasteiger partial charge in [-0.15, -0.1) is 0 Å². The van der Waals surface area contributed by atoms with Gasteiger partial charge in [0.2, 0.25) is 0 Å². The Kier molecular flexibility index (Phi) is 5.27. The number of carbonyl (C=O) groups excluding carboxylic acids is 1. The summed E-state index contributed by atoms with van der Waals surface area (Å²) >= 11 is 0. The number of nitrogens with zero attached hydrogens (tertiary/aromatic N) is 3. The van der Waals surface area contributed by atoms with Crippen LogP contribution in [0, 0.1) is 0 Å². The molecule has 2 aromatic rings. The van der Waals surface area contributed by atoms with Gasteiger partial charge in [0.05, 0.1) is 5.56 Å². The maximum atomic E-state index is 13.2. The van der Waals surface area contributed by atoms with Crippen molar-refractivity contribution in [1.82, 2.24) is 14.7 Å². The van der Waals surface area contributed by atoms with E-state index in [1.54, 1.807) is 6.26 Å². The number of piperidine rings is 1. The second-order valence-electron chi connectivity index (χ2n) is 7.73. The molecule has 2 aliphatic heterocycles. The van der Waals surface area contributed by atoms with Crippen molar-refractivity contribution in [3.05, 3.63) is 36.1 Å². The smallest absolute Gasteiger partial charge is 0.257 e. The SMILES string of the molecule is CN1CCN(CC[C@@H]2CCCCN2C(=O)c2coc3ccccc23)CC1. The largest absolute Gasteiger partial charge is 0.463 e. The van der Waals surface area contributed by atoms with Crippen LogP contribution in [0.2, 0.25) is 0 Å². The number of para-hydroxylation sites is 1. The fourth-order valence-electron chi connectivity index (χ4n) is 4.27. The van der Waals surface area contributed by atoms with Crippen LogP contribution in [0.3, 0.4) is 0 Å². The van der Waals surface area contributed by atoms with Crippen molar-refractivity contribution in [2.45, 2.75) is 31.7 Å². The van der Waals surface area contributed by atoms with Gasteiger partial charge in [-0.25, -0.2) is 0 Å². The highest BCUT2D eigenvalue weighted by atomic mass is 16.3. The third kappa shape index (κ3) is 3.64. The number of likely N-dealkylation sites (tertiary alicyclic amines) is 1. The van der Waals surface area contributed by atoms with Gasteiger partial charge in [0, 0.05) is 50.7 Å². The molecule has 0 spiro atoms. The van der Waals surface area contributed by atoms with Gasteiger partial charge in [-0.3, -0.25) is 4.79 Å². The molecule has 3 heterocycles. The fraction of sp³-hybridized carbons (Fsp3) is 0.571. The highest BCUT2D eigenvalue weighted by Gasteiger charge is 2.29. The maximum Gasteiger partial charge on any atom is 0.257 e. The Hall–Kier alpha value is -1.85. The molecule has 0 radical (unpaired) electrons. The number of hydrogen-bond donors (Lipinski definition) is 0. The average Bonchev–Trinajstić information content (AvgIpc) is 3.11. The molecule has 5 heteroatoms. The summed E-state index contributed by atoms with van der Waals surface area (Å²) in [7, 11) is 2.19. The highest BCUT2D eigenvalue weighted by Crippen LogP contribution is 2.27. The van der Waals surface area contributed by atoms with Crippen LogP contribution in [0.4, 0.5) is 0 Å². The Bertz CT molecular complexity index is 749. The van der Waals surface area contributed by atoms with Crippen molar-refractivity contribution >= 4 is 16.9 Å². The normalized spacial score (nSPS) is 22.8. The Morgan fingerprint density at radius 2 is 1.92 bits per heavy atom. The number of furan rings is 1. The monoisotopic (exact) mass is 355 g/mol. The Labute approximate surface area is 155 Å². The van der Waals surface area contributed by atoms with Crippen LogP contribution in [0.15, 0.2) is 34.9 Å². The molecule has 2 fully saturated rings. The molecule has 0 bridgehead atoms. The number of rotatable bonds is 4. The first-order chi connectivity index (χ1) is 12.7. The third-order valence-corrected chi connectivity index (χ3v) is 5.97. The molecule has 2 aliphatic rings. The summed E-state index contributed by atoms with van der Waals surface area (Å²) in [5, 5.41) is 0.931. The van der Waals surface area contributed by atoms with E-state index in [4.69, 9.17) is 4.42 Å². The zero-order valence-corrected chi connectivity index (χ0v) is 15.7. The van der Waals surface area contributed by atoms with Crippen molar-refractivity contribution in [2.24, 2.45) is 0 Å². The topological polar surface area (TPSA) is 39.9 Å². The van der Waals surface area contributed by atoms with E-state index in [9.17, 15) is 4.79 Å². The third-order valence-electron chi connectivity index (χ3n) is 5.97. The van der Waals surface area contributed by atoms with Crippen LogP contribution in [-0.2, 0) is 0 Å². The van der Waals surface area contributed by atoms with Gasteiger partial charge in [0.25, 0.3) is 5.91 Å². The van der Waals surface area contributed by atoms with Crippen LogP contribution < -0.4 is 0 Å². The molecule has 1 amide bonds. The van der Waals surface area contributed by atoms with E-state index in [0.29, 0.717) is 11.6 Å². The lowest BCUT2D eigenvalue weighted by Gasteiger charge is -2.38. The van der Waals surface area contributed by atoms with Crippen molar-refractivity contribution < 1.29 is 9.21 Å². The number of piperazine rings is 1. The van der Waals surface area contributed by atoms with Crippen LogP contribution in [0.25, 0.3) is 11.0 Å². The average molecular weight is 355 g/mol. The quantitative estimate of drug-likeness (QED) is 0.845. The highest BCUT2D eigenvalue weighted by molar-refractivity contribution is 6.06. The standard InChI is InChI=1S/C21H29N3O2/c1-22-12-14-23(15-13-22)11-9-17-6-4-5-10-24(17)21(25)19-16-26-20-8-3-2-7-18(19)20/h2-3,7-8,16-17H,4-6,9-15H2,1H3/t17-/m0/s1. The second-order valence-corrected chi connectivity index (χ2v) is 7.73. The summed E-state index contributed by atoms with van der Waals surface area (Å²) in [4.78, 5) is 20.3. The van der Waals surface area contributed by atoms with Crippen LogP contribution in [0.1, 0.15) is 36.0 Å². The van der Waals surface area contributed by atoms with Crippen molar-refractivity contribution in [1.29, 1.82) is 0 Å². The molecule has 26 heavy (non-hydrogen) atoms. The molecule has 140 valence electrons. The van der Waals surface area contributed by atoms with E-state index in [0.717, 1.165) is 69.5 Å². The fourth-order valence-corrected chi connectivity index (χ4v) is 4.27. The van der Waals surface area contributed by atoms with E-state index < -0.39 is 0 Å². The van der Waals surface area contributed by atoms with E-state index >= 15 is 0 Å². The van der Waals surface area contributed by atoms with E-state index in [2.05, 4.69) is 21.7 Å². The molecule has 0 aliphatic carbocycles. The molecule has 0 unspecified atom stereocenters. The summed E-state index contributed by atoms with van der Waals surface area (Å²) in [6.45, 7) is 6.54. The summed E-state index contributed by atoms with van der Waals surface area (Å²) in [5.41, 5.74) is 1.51. The maximum absolute atomic E-state index is 13.2. The summed E-state index contributed by atoms with van der Waals surface area (Å²) < 4.78 is 5.60. The number of likely N-dealkylation sites (N-methyl/N-ethyl adjacent to an activating group) is 1. The number of amides is 1. The van der Waals surface area contributed by atoms with Crippen LogP contribution >= 0.6 is 0 Å². The molecule has 0 N–H and O–H groups in total. The lowest BCUT2D eigenvalue weighted by Crippen LogP contribution is -2.48. The van der Waals surface area contributed by atoms with Crippen molar-refractivity contribution in [3.63, 3.8) is 0 Å². The van der Waals surface area contributed by atoms with Gasteiger partial charge in [-0.05, 0) is 38.8 Å². The minimum Gasteiger partial charge on any atom is -0.463 e. The van der Waals surface area contributed by atoms with Gasteiger partial charge in [0.1, 0.15) is 11.8 Å². The van der Waals surface area contributed by atoms with E-state index in [1.165, 1.54) is 6.42 Å². The van der Waals surface area contributed by atoms with Crippen LogP contribution in [0.5, 0.6) is 0 Å². The molecule has 1 aromatic carbocycles. The minimum absolute atomic E-state index is 0.137. The zero-order chi connectivity index (χ0) is 17.9. The first-order valence-corrected chi connectivity index (χ1v) is 9.90. The minimum atomic E-state index is 0.137. The summed E-state index contributed by atoms with van der Waals surface area (Å²) in [6.07, 6.45) is 6.16. The first kappa shape index (κ1) is 17.6. The molecule has 4 rings (SSSR count). The zero-order valence-electron chi connectivity index (χ0n) is 15.7. The molecule has 1 atom stereocenters. The molecule has 5 nitrogen and oxygen atoms in total. The van der Waals surface area contributed by atoms with Gasteiger partial charge in [-0.1, -0.05) is 18.2 Å². The van der Waals surface area contributed by atoms with Gasteiger partial charge < -0.3 is 19.1 Å². The predicted octanol–water partition coefficient (Wildman–Crippen LogP) is 3.07.